The van der Waals surface area contributed by atoms with Gasteiger partial charge in [-0.25, -0.2) is 0 Å². The first kappa shape index (κ1) is 14.4. The molecule has 0 unspecified atom stereocenters. The molecule has 1 aromatic carbocycles. The lowest BCUT2D eigenvalue weighted by atomic mass is 9.87. The Morgan fingerprint density at radius 2 is 1.71 bits per heavy atom. The van der Waals surface area contributed by atoms with Crippen LogP contribution < -0.4 is 5.19 Å². The van der Waals surface area contributed by atoms with E-state index in [1.807, 2.05) is 6.07 Å². The van der Waals surface area contributed by atoms with E-state index in [9.17, 15) is 13.0 Å². The van der Waals surface area contributed by atoms with Gasteiger partial charge in [-0.05, 0) is 22.2 Å². The Kier molecular flexibility index (Phi) is 3.86. The number of rotatable bonds is 2. The van der Waals surface area contributed by atoms with Crippen LogP contribution in [0, 0.1) is 0 Å². The molecule has 0 atom stereocenters. The standard InChI is InChI=1S/C12H20O3SSi/c1-12(2,3)9-7-6-8-10(16(13,14)15)11(9)17(4)5/h6-8,17H,1-5H3,(H,13,14,15). The molecule has 0 spiro atoms. The molecule has 17 heavy (non-hydrogen) atoms. The molecule has 3 nitrogen and oxygen atoms in total. The summed E-state index contributed by atoms with van der Waals surface area (Å²) in [5, 5.41) is 0.850. The van der Waals surface area contributed by atoms with Gasteiger partial charge in [0, 0.05) is 0 Å². The maximum absolute atomic E-state index is 11.4. The van der Waals surface area contributed by atoms with Crippen molar-refractivity contribution in [2.45, 2.75) is 44.2 Å². The van der Waals surface area contributed by atoms with Crippen molar-refractivity contribution in [3.05, 3.63) is 23.8 Å². The number of hydrogen-bond acceptors (Lipinski definition) is 2. The van der Waals surface area contributed by atoms with Crippen molar-refractivity contribution in [1.82, 2.24) is 0 Å². The Hall–Kier alpha value is -0.653. The molecule has 5 heteroatoms. The summed E-state index contributed by atoms with van der Waals surface area (Å²) >= 11 is 0. The van der Waals surface area contributed by atoms with Crippen LogP contribution in [-0.4, -0.2) is 21.8 Å². The normalized spacial score (nSPS) is 13.1. The van der Waals surface area contributed by atoms with Crippen LogP contribution in [0.2, 0.25) is 13.1 Å². The van der Waals surface area contributed by atoms with Gasteiger partial charge in [-0.1, -0.05) is 46.0 Å². The summed E-state index contributed by atoms with van der Waals surface area (Å²) in [5.74, 6) is 0. The molecule has 1 N–H and O–H groups in total. The molecule has 0 saturated carbocycles. The second kappa shape index (κ2) is 4.55. The van der Waals surface area contributed by atoms with Gasteiger partial charge in [-0.3, -0.25) is 4.55 Å². The average molecular weight is 272 g/mol. The third-order valence-corrected chi connectivity index (χ3v) is 5.63. The van der Waals surface area contributed by atoms with E-state index in [0.29, 0.717) is 0 Å². The van der Waals surface area contributed by atoms with Crippen LogP contribution in [0.5, 0.6) is 0 Å². The third kappa shape index (κ3) is 3.17. The summed E-state index contributed by atoms with van der Waals surface area (Å²) < 4.78 is 32.1. The molecular weight excluding hydrogens is 252 g/mol. The van der Waals surface area contributed by atoms with Crippen LogP contribution in [0.25, 0.3) is 0 Å². The molecule has 1 aromatic rings. The molecule has 0 aliphatic carbocycles. The summed E-state index contributed by atoms with van der Waals surface area (Å²) in [7, 11) is -5.47. The molecule has 96 valence electrons. The van der Waals surface area contributed by atoms with Crippen molar-refractivity contribution in [2.24, 2.45) is 0 Å². The number of benzene rings is 1. The van der Waals surface area contributed by atoms with E-state index in [2.05, 4.69) is 33.9 Å². The highest BCUT2D eigenvalue weighted by Crippen LogP contribution is 2.23. The van der Waals surface area contributed by atoms with Crippen LogP contribution >= 0.6 is 0 Å². The van der Waals surface area contributed by atoms with Crippen molar-refractivity contribution in [1.29, 1.82) is 0 Å². The van der Waals surface area contributed by atoms with Gasteiger partial charge in [0.2, 0.25) is 0 Å². The highest BCUT2D eigenvalue weighted by atomic mass is 32.2. The van der Waals surface area contributed by atoms with Gasteiger partial charge < -0.3 is 0 Å². The molecule has 0 heterocycles. The van der Waals surface area contributed by atoms with E-state index in [0.717, 1.165) is 10.8 Å². The molecule has 0 amide bonds. The zero-order valence-electron chi connectivity index (χ0n) is 11.0. The Morgan fingerprint density at radius 3 is 2.06 bits per heavy atom. The lowest BCUT2D eigenvalue weighted by Crippen LogP contribution is -2.36. The predicted molar refractivity (Wildman–Crippen MR) is 73.5 cm³/mol. The van der Waals surface area contributed by atoms with Gasteiger partial charge in [0.05, 0.1) is 13.7 Å². The highest BCUT2D eigenvalue weighted by Gasteiger charge is 2.26. The summed E-state index contributed by atoms with van der Waals surface area (Å²) in [6.45, 7) is 10.3. The summed E-state index contributed by atoms with van der Waals surface area (Å²) in [6, 6.07) is 5.15. The minimum absolute atomic E-state index is 0.0894. The largest absolute Gasteiger partial charge is 0.294 e. The monoisotopic (exact) mass is 272 g/mol. The van der Waals surface area contributed by atoms with Gasteiger partial charge in [-0.15, -0.1) is 0 Å². The van der Waals surface area contributed by atoms with Crippen molar-refractivity contribution >= 4 is 24.1 Å². The van der Waals surface area contributed by atoms with Gasteiger partial charge in [0.1, 0.15) is 0 Å². The molecule has 0 aromatic heterocycles. The topological polar surface area (TPSA) is 54.4 Å². The minimum Gasteiger partial charge on any atom is -0.282 e. The smallest absolute Gasteiger partial charge is 0.282 e. The Bertz CT molecular complexity index is 513. The average Bonchev–Trinajstić information content (AvgIpc) is 2.13. The first-order chi connectivity index (χ1) is 7.55. The second-order valence-electron chi connectivity index (χ2n) is 5.60. The van der Waals surface area contributed by atoms with E-state index in [1.165, 1.54) is 6.07 Å². The van der Waals surface area contributed by atoms with E-state index < -0.39 is 18.9 Å². The second-order valence-corrected chi connectivity index (χ2v) is 9.87. The molecule has 1 rings (SSSR count). The molecule has 0 radical (unpaired) electrons. The van der Waals surface area contributed by atoms with Crippen molar-refractivity contribution < 1.29 is 13.0 Å². The molecule has 0 fully saturated rings. The molecule has 0 aliphatic rings. The van der Waals surface area contributed by atoms with Crippen LogP contribution in [0.15, 0.2) is 23.1 Å². The van der Waals surface area contributed by atoms with Crippen LogP contribution in [-0.2, 0) is 15.5 Å². The highest BCUT2D eigenvalue weighted by molar-refractivity contribution is 7.86. The molecular formula is C12H20O3SSi. The van der Waals surface area contributed by atoms with Crippen molar-refractivity contribution in [2.75, 3.05) is 0 Å². The molecule has 0 bridgehead atoms. The molecule has 0 saturated heterocycles. The summed E-state index contributed by atoms with van der Waals surface area (Å²) in [6.07, 6.45) is 0. The van der Waals surface area contributed by atoms with Crippen LogP contribution in [0.3, 0.4) is 0 Å². The van der Waals surface area contributed by atoms with Gasteiger partial charge in [0.25, 0.3) is 10.1 Å². The summed E-state index contributed by atoms with van der Waals surface area (Å²) in [5.41, 5.74) is 0.905. The lowest BCUT2D eigenvalue weighted by molar-refractivity contribution is 0.483. The fraction of sp³-hybridized carbons (Fsp3) is 0.500. The van der Waals surface area contributed by atoms with E-state index in [4.69, 9.17) is 0 Å². The first-order valence-electron chi connectivity index (χ1n) is 5.66. The molecule has 0 aliphatic heterocycles. The maximum atomic E-state index is 11.4. The fourth-order valence-corrected chi connectivity index (χ4v) is 5.63. The SMILES string of the molecule is C[SiH](C)c1c(C(C)(C)C)cccc1S(=O)(=O)O. The predicted octanol–water partition coefficient (Wildman–Crippen LogP) is 1.92. The van der Waals surface area contributed by atoms with Crippen LogP contribution in [0.1, 0.15) is 26.3 Å². The van der Waals surface area contributed by atoms with Crippen molar-refractivity contribution in [3.63, 3.8) is 0 Å². The number of hydrogen-bond donors (Lipinski definition) is 1. The zero-order valence-corrected chi connectivity index (χ0v) is 13.0. The Morgan fingerprint density at radius 1 is 1.18 bits per heavy atom. The van der Waals surface area contributed by atoms with Crippen molar-refractivity contribution in [3.8, 4) is 0 Å². The van der Waals surface area contributed by atoms with Gasteiger partial charge in [-0.2, -0.15) is 8.42 Å². The van der Waals surface area contributed by atoms with Crippen LogP contribution in [0.4, 0.5) is 0 Å². The third-order valence-electron chi connectivity index (χ3n) is 2.73. The lowest BCUT2D eigenvalue weighted by Gasteiger charge is -2.26. The van der Waals surface area contributed by atoms with Gasteiger partial charge >= 0.3 is 0 Å². The quantitative estimate of drug-likeness (QED) is 0.661. The summed E-state index contributed by atoms with van der Waals surface area (Å²) in [4.78, 5) is 0.0894. The Balaban J connectivity index is 3.67. The zero-order chi connectivity index (χ0) is 13.4. The maximum Gasteiger partial charge on any atom is 0.294 e. The Labute approximate surface area is 105 Å². The first-order valence-corrected chi connectivity index (χ1v) is 9.98. The van der Waals surface area contributed by atoms with E-state index >= 15 is 0 Å². The fourth-order valence-electron chi connectivity index (χ4n) is 2.02. The van der Waals surface area contributed by atoms with E-state index in [1.54, 1.807) is 6.07 Å². The minimum atomic E-state index is -4.13. The van der Waals surface area contributed by atoms with Gasteiger partial charge in [0.15, 0.2) is 0 Å². The van der Waals surface area contributed by atoms with E-state index in [-0.39, 0.29) is 10.3 Å².